The first-order chi connectivity index (χ1) is 9.51. The van der Waals surface area contributed by atoms with Gasteiger partial charge < -0.3 is 10.1 Å². The number of halogens is 3. The van der Waals surface area contributed by atoms with Crippen molar-refractivity contribution in [3.05, 3.63) is 58.1 Å². The minimum Gasteiger partial charge on any atom is -0.453 e. The van der Waals surface area contributed by atoms with Gasteiger partial charge in [0.1, 0.15) is 11.6 Å². The minimum atomic E-state index is -0.606. The van der Waals surface area contributed by atoms with Crippen molar-refractivity contribution in [2.24, 2.45) is 0 Å². The number of hydrogen-bond acceptors (Lipinski definition) is 2. The summed E-state index contributed by atoms with van der Waals surface area (Å²) in [6.45, 7) is 2.02. The maximum Gasteiger partial charge on any atom is 0.166 e. The van der Waals surface area contributed by atoms with Crippen LogP contribution in [0.25, 0.3) is 0 Å². The second-order valence-electron chi connectivity index (χ2n) is 4.38. The van der Waals surface area contributed by atoms with E-state index in [1.54, 1.807) is 6.07 Å². The van der Waals surface area contributed by atoms with Crippen molar-refractivity contribution < 1.29 is 13.5 Å². The molecule has 0 saturated heterocycles. The summed E-state index contributed by atoms with van der Waals surface area (Å²) >= 11 is 3.38. The van der Waals surface area contributed by atoms with E-state index in [-0.39, 0.29) is 11.8 Å². The van der Waals surface area contributed by atoms with E-state index in [2.05, 4.69) is 21.2 Å². The molecule has 1 atom stereocenters. The lowest BCUT2D eigenvalue weighted by molar-refractivity contribution is 0.434. The smallest absolute Gasteiger partial charge is 0.166 e. The normalized spacial score (nSPS) is 12.2. The third-order valence-corrected chi connectivity index (χ3v) is 3.62. The molecule has 2 aromatic carbocycles. The zero-order valence-corrected chi connectivity index (χ0v) is 12.7. The summed E-state index contributed by atoms with van der Waals surface area (Å²) in [5.41, 5.74) is 1.06. The lowest BCUT2D eigenvalue weighted by atomic mass is 10.1. The number of benzene rings is 2. The first-order valence-corrected chi connectivity index (χ1v) is 6.90. The van der Waals surface area contributed by atoms with Crippen molar-refractivity contribution >= 4 is 15.9 Å². The van der Waals surface area contributed by atoms with Crippen LogP contribution in [-0.2, 0) is 0 Å². The Morgan fingerprint density at radius 2 is 1.85 bits per heavy atom. The number of ether oxygens (including phenoxy) is 1. The van der Waals surface area contributed by atoms with Gasteiger partial charge in [0.2, 0.25) is 0 Å². The minimum absolute atomic E-state index is 0.139. The Labute approximate surface area is 124 Å². The average Bonchev–Trinajstić information content (AvgIpc) is 2.44. The molecule has 0 bridgehead atoms. The summed E-state index contributed by atoms with van der Waals surface area (Å²) in [5, 5.41) is 3.12. The summed E-state index contributed by atoms with van der Waals surface area (Å²) in [4.78, 5) is 0. The standard InChI is InChI=1S/C15H14BrF2NO/c1-9(19-2)10-3-6-14(12(16)7-10)20-15-8-11(17)4-5-13(15)18/h3-9,19H,1-2H3. The second kappa shape index (κ2) is 6.33. The predicted octanol–water partition coefficient (Wildman–Crippen LogP) is 4.80. The summed E-state index contributed by atoms with van der Waals surface area (Å²) < 4.78 is 32.7. The molecular weight excluding hydrogens is 328 g/mol. The molecule has 1 N–H and O–H groups in total. The van der Waals surface area contributed by atoms with Gasteiger partial charge in [0.25, 0.3) is 0 Å². The third-order valence-electron chi connectivity index (χ3n) is 3.00. The van der Waals surface area contributed by atoms with E-state index in [9.17, 15) is 8.78 Å². The van der Waals surface area contributed by atoms with Crippen molar-refractivity contribution in [3.63, 3.8) is 0 Å². The Morgan fingerprint density at radius 1 is 1.10 bits per heavy atom. The fraction of sp³-hybridized carbons (Fsp3) is 0.200. The van der Waals surface area contributed by atoms with Gasteiger partial charge in [-0.25, -0.2) is 8.78 Å². The quantitative estimate of drug-likeness (QED) is 0.862. The molecule has 106 valence electrons. The Balaban J connectivity index is 2.28. The van der Waals surface area contributed by atoms with Crippen molar-refractivity contribution in [1.82, 2.24) is 5.32 Å². The van der Waals surface area contributed by atoms with Crippen LogP contribution >= 0.6 is 15.9 Å². The molecule has 0 radical (unpaired) electrons. The van der Waals surface area contributed by atoms with Gasteiger partial charge in [0, 0.05) is 12.1 Å². The molecule has 1 unspecified atom stereocenters. The van der Waals surface area contributed by atoms with Crippen LogP contribution in [0, 0.1) is 11.6 Å². The van der Waals surface area contributed by atoms with Gasteiger partial charge in [0.05, 0.1) is 4.47 Å². The summed E-state index contributed by atoms with van der Waals surface area (Å²) in [5.74, 6) is -0.856. The van der Waals surface area contributed by atoms with Crippen LogP contribution in [0.15, 0.2) is 40.9 Å². The van der Waals surface area contributed by atoms with Crippen LogP contribution in [0.4, 0.5) is 8.78 Å². The third kappa shape index (κ3) is 3.35. The zero-order valence-electron chi connectivity index (χ0n) is 11.1. The van der Waals surface area contributed by atoms with Gasteiger partial charge in [-0.15, -0.1) is 0 Å². The Bertz CT molecular complexity index is 619. The first kappa shape index (κ1) is 14.9. The Hall–Kier alpha value is -1.46. The summed E-state index contributed by atoms with van der Waals surface area (Å²) in [6, 6.07) is 8.77. The second-order valence-corrected chi connectivity index (χ2v) is 5.23. The molecule has 0 aliphatic heterocycles. The molecule has 2 nitrogen and oxygen atoms in total. The van der Waals surface area contributed by atoms with E-state index >= 15 is 0 Å². The van der Waals surface area contributed by atoms with Gasteiger partial charge in [0.15, 0.2) is 11.6 Å². The first-order valence-electron chi connectivity index (χ1n) is 6.11. The molecule has 0 saturated carbocycles. The van der Waals surface area contributed by atoms with Crippen LogP contribution in [-0.4, -0.2) is 7.05 Å². The van der Waals surface area contributed by atoms with Crippen LogP contribution in [0.3, 0.4) is 0 Å². The fourth-order valence-electron chi connectivity index (χ4n) is 1.71. The highest BCUT2D eigenvalue weighted by molar-refractivity contribution is 9.10. The van der Waals surface area contributed by atoms with Gasteiger partial charge in [-0.1, -0.05) is 6.07 Å². The fourth-order valence-corrected chi connectivity index (χ4v) is 2.19. The molecule has 0 aliphatic rings. The largest absolute Gasteiger partial charge is 0.453 e. The molecule has 0 aliphatic carbocycles. The molecule has 0 fully saturated rings. The molecule has 5 heteroatoms. The van der Waals surface area contributed by atoms with Crippen LogP contribution < -0.4 is 10.1 Å². The van der Waals surface area contributed by atoms with Gasteiger partial charge in [-0.3, -0.25) is 0 Å². The van der Waals surface area contributed by atoms with Gasteiger partial charge >= 0.3 is 0 Å². The monoisotopic (exact) mass is 341 g/mol. The molecule has 0 amide bonds. The lowest BCUT2D eigenvalue weighted by Gasteiger charge is -2.14. The van der Waals surface area contributed by atoms with E-state index in [0.717, 1.165) is 23.8 Å². The highest BCUT2D eigenvalue weighted by Gasteiger charge is 2.11. The highest BCUT2D eigenvalue weighted by atomic mass is 79.9. The maximum atomic E-state index is 13.5. The van der Waals surface area contributed by atoms with E-state index < -0.39 is 11.6 Å². The Morgan fingerprint density at radius 3 is 2.50 bits per heavy atom. The highest BCUT2D eigenvalue weighted by Crippen LogP contribution is 2.33. The van der Waals surface area contributed by atoms with E-state index in [4.69, 9.17) is 4.74 Å². The van der Waals surface area contributed by atoms with E-state index in [1.807, 2.05) is 26.1 Å². The van der Waals surface area contributed by atoms with Gasteiger partial charge in [-0.2, -0.15) is 0 Å². The molecule has 2 rings (SSSR count). The van der Waals surface area contributed by atoms with Crippen molar-refractivity contribution in [3.8, 4) is 11.5 Å². The zero-order chi connectivity index (χ0) is 14.7. The molecule has 0 heterocycles. The molecule has 0 spiro atoms. The van der Waals surface area contributed by atoms with E-state index in [1.165, 1.54) is 0 Å². The Kier molecular flexibility index (Phi) is 4.73. The maximum absolute atomic E-state index is 13.5. The van der Waals surface area contributed by atoms with Crippen molar-refractivity contribution in [2.75, 3.05) is 7.05 Å². The number of nitrogens with one attached hydrogen (secondary N) is 1. The molecule has 0 aromatic heterocycles. The number of hydrogen-bond donors (Lipinski definition) is 1. The topological polar surface area (TPSA) is 21.3 Å². The molecular formula is C15H14BrF2NO. The predicted molar refractivity (Wildman–Crippen MR) is 78.0 cm³/mol. The number of rotatable bonds is 4. The average molecular weight is 342 g/mol. The van der Waals surface area contributed by atoms with Crippen LogP contribution in [0.2, 0.25) is 0 Å². The summed E-state index contributed by atoms with van der Waals surface area (Å²) in [6.07, 6.45) is 0. The van der Waals surface area contributed by atoms with Crippen molar-refractivity contribution in [2.45, 2.75) is 13.0 Å². The van der Waals surface area contributed by atoms with E-state index in [0.29, 0.717) is 10.2 Å². The molecule has 2 aromatic rings. The summed E-state index contributed by atoms with van der Waals surface area (Å²) in [7, 11) is 1.87. The van der Waals surface area contributed by atoms with Crippen LogP contribution in [0.5, 0.6) is 11.5 Å². The lowest BCUT2D eigenvalue weighted by Crippen LogP contribution is -2.12. The van der Waals surface area contributed by atoms with Crippen LogP contribution in [0.1, 0.15) is 18.5 Å². The van der Waals surface area contributed by atoms with Crippen molar-refractivity contribution in [1.29, 1.82) is 0 Å². The molecule has 20 heavy (non-hydrogen) atoms. The van der Waals surface area contributed by atoms with Gasteiger partial charge in [-0.05, 0) is 59.7 Å². The SMILES string of the molecule is CNC(C)c1ccc(Oc2cc(F)ccc2F)c(Br)c1.